The highest BCUT2D eigenvalue weighted by Gasteiger charge is 2.39. The van der Waals surface area contributed by atoms with E-state index in [1.807, 2.05) is 0 Å². The summed E-state index contributed by atoms with van der Waals surface area (Å²) in [7, 11) is 0. The van der Waals surface area contributed by atoms with Crippen LogP contribution in [0.15, 0.2) is 60.4 Å². The van der Waals surface area contributed by atoms with Crippen LogP contribution in [-0.4, -0.2) is 49.4 Å². The molecule has 0 saturated carbocycles. The minimum absolute atomic E-state index is 0.0117. The first-order valence-electron chi connectivity index (χ1n) is 10.6. The zero-order chi connectivity index (χ0) is 25.4. The summed E-state index contributed by atoms with van der Waals surface area (Å²) in [5.41, 5.74) is 0.0960. The van der Waals surface area contributed by atoms with Gasteiger partial charge in [0.05, 0.1) is 18.2 Å². The summed E-state index contributed by atoms with van der Waals surface area (Å²) >= 11 is 0. The Morgan fingerprint density at radius 3 is 2.46 bits per heavy atom. The average molecular weight is 501 g/mol. The van der Waals surface area contributed by atoms with E-state index in [9.17, 15) is 31.1 Å². The highest BCUT2D eigenvalue weighted by atomic mass is 19.4. The molecule has 2 aliphatic heterocycles. The van der Waals surface area contributed by atoms with Crippen LogP contribution in [0, 0.1) is 0 Å². The van der Waals surface area contributed by atoms with E-state index in [0.717, 1.165) is 18.2 Å². The van der Waals surface area contributed by atoms with Crippen LogP contribution < -0.4 is 14.7 Å². The van der Waals surface area contributed by atoms with Crippen molar-refractivity contribution in [2.24, 2.45) is 0 Å². The van der Waals surface area contributed by atoms with Crippen LogP contribution >= 0.6 is 0 Å². The first kappa shape index (κ1) is 24.6. The third-order valence-electron chi connectivity index (χ3n) is 5.78. The Morgan fingerprint density at radius 1 is 1.03 bits per heavy atom. The van der Waals surface area contributed by atoms with Gasteiger partial charge >= 0.3 is 12.5 Å². The number of carbonyl (C=O) groups excluding carboxylic acids is 1. The minimum Gasteiger partial charge on any atom is -0.403 e. The van der Waals surface area contributed by atoms with Crippen molar-refractivity contribution in [2.45, 2.75) is 31.5 Å². The summed E-state index contributed by atoms with van der Waals surface area (Å²) in [6.45, 7) is 2.24. The van der Waals surface area contributed by atoms with Gasteiger partial charge in [0.25, 0.3) is 0 Å². The van der Waals surface area contributed by atoms with Gasteiger partial charge in [0.1, 0.15) is 11.9 Å². The molecule has 1 saturated heterocycles. The fourth-order valence-corrected chi connectivity index (χ4v) is 4.35. The average Bonchev–Trinajstić information content (AvgIpc) is 3.27. The molecule has 12 heteroatoms. The molecule has 0 bridgehead atoms. The third-order valence-corrected chi connectivity index (χ3v) is 5.78. The van der Waals surface area contributed by atoms with E-state index in [2.05, 4.69) is 4.74 Å². The standard InChI is InChI=1S/C23H21F6N3O3/c1-15-10-30(14-33)12-20(32(15)18-6-4-5-17(9-18)22(24,25)26)16-11-31(34-13-16)19-7-2-3-8-21(19)35-23(27,28)29/h2-9,13-15,20H,10-12H2,1H3. The van der Waals surface area contributed by atoms with Crippen molar-refractivity contribution in [1.29, 1.82) is 0 Å². The van der Waals surface area contributed by atoms with Crippen molar-refractivity contribution in [3.05, 3.63) is 65.9 Å². The number of halogens is 6. The Kier molecular flexibility index (Phi) is 6.48. The maximum atomic E-state index is 13.3. The second-order valence-corrected chi connectivity index (χ2v) is 8.23. The number of nitrogens with zero attached hydrogens (tertiary/aromatic N) is 3. The van der Waals surface area contributed by atoms with E-state index < -0.39 is 29.9 Å². The Labute approximate surface area is 196 Å². The first-order valence-corrected chi connectivity index (χ1v) is 10.6. The molecule has 1 fully saturated rings. The number of ether oxygens (including phenoxy) is 1. The maximum Gasteiger partial charge on any atom is 0.573 e. The number of rotatable bonds is 5. The zero-order valence-electron chi connectivity index (χ0n) is 18.4. The molecule has 0 spiro atoms. The highest BCUT2D eigenvalue weighted by molar-refractivity contribution is 5.60. The number of carbonyl (C=O) groups is 1. The van der Waals surface area contributed by atoms with Crippen LogP contribution in [0.3, 0.4) is 0 Å². The lowest BCUT2D eigenvalue weighted by Gasteiger charge is -2.46. The van der Waals surface area contributed by atoms with Crippen LogP contribution in [0.4, 0.5) is 37.7 Å². The van der Waals surface area contributed by atoms with Crippen molar-refractivity contribution in [2.75, 3.05) is 29.6 Å². The summed E-state index contributed by atoms with van der Waals surface area (Å²) in [4.78, 5) is 20.3. The van der Waals surface area contributed by atoms with E-state index in [1.165, 1.54) is 40.5 Å². The lowest BCUT2D eigenvalue weighted by molar-refractivity contribution is -0.274. The molecule has 4 rings (SSSR count). The van der Waals surface area contributed by atoms with Gasteiger partial charge in [-0.15, -0.1) is 13.2 Å². The number of hydroxylamine groups is 1. The van der Waals surface area contributed by atoms with E-state index in [1.54, 1.807) is 17.9 Å². The minimum atomic E-state index is -4.91. The summed E-state index contributed by atoms with van der Waals surface area (Å²) in [6, 6.07) is 9.40. The molecule has 0 N–H and O–H groups in total. The molecule has 2 aliphatic rings. The maximum absolute atomic E-state index is 13.3. The smallest absolute Gasteiger partial charge is 0.403 e. The number of piperazine rings is 1. The molecule has 2 atom stereocenters. The van der Waals surface area contributed by atoms with Crippen molar-refractivity contribution >= 4 is 17.8 Å². The lowest BCUT2D eigenvalue weighted by Crippen LogP contribution is -2.58. The van der Waals surface area contributed by atoms with E-state index in [-0.39, 0.29) is 31.4 Å². The second-order valence-electron chi connectivity index (χ2n) is 8.23. The molecule has 2 heterocycles. The molecule has 2 aromatic rings. The summed E-state index contributed by atoms with van der Waals surface area (Å²) in [5.74, 6) is -0.462. The van der Waals surface area contributed by atoms with Crippen LogP contribution in [0.5, 0.6) is 5.75 Å². The van der Waals surface area contributed by atoms with Gasteiger partial charge in [-0.3, -0.25) is 4.79 Å². The van der Waals surface area contributed by atoms with Gasteiger partial charge in [0.15, 0.2) is 5.75 Å². The third kappa shape index (κ3) is 5.41. The monoisotopic (exact) mass is 501 g/mol. The molecular formula is C23H21F6N3O3. The zero-order valence-corrected chi connectivity index (χ0v) is 18.4. The Bertz CT molecular complexity index is 1100. The van der Waals surface area contributed by atoms with Crippen molar-refractivity contribution in [3.63, 3.8) is 0 Å². The van der Waals surface area contributed by atoms with Crippen molar-refractivity contribution in [1.82, 2.24) is 4.90 Å². The van der Waals surface area contributed by atoms with Gasteiger partial charge in [0.2, 0.25) is 6.41 Å². The Balaban J connectivity index is 1.63. The fourth-order valence-electron chi connectivity index (χ4n) is 4.35. The van der Waals surface area contributed by atoms with Gasteiger partial charge < -0.3 is 19.4 Å². The summed E-state index contributed by atoms with van der Waals surface area (Å²) in [5, 5.41) is 1.20. The molecule has 6 nitrogen and oxygen atoms in total. The van der Waals surface area contributed by atoms with Crippen LogP contribution in [-0.2, 0) is 15.8 Å². The summed E-state index contributed by atoms with van der Waals surface area (Å²) in [6.07, 6.45) is -7.44. The number of amides is 1. The lowest BCUT2D eigenvalue weighted by atomic mass is 9.98. The van der Waals surface area contributed by atoms with Crippen molar-refractivity contribution < 1.29 is 40.7 Å². The van der Waals surface area contributed by atoms with Gasteiger partial charge in [-0.05, 0) is 37.3 Å². The van der Waals surface area contributed by atoms with Crippen LogP contribution in [0.25, 0.3) is 0 Å². The molecule has 2 aromatic carbocycles. The number of benzene rings is 2. The molecule has 0 aromatic heterocycles. The van der Waals surface area contributed by atoms with Gasteiger partial charge in [0, 0.05) is 30.4 Å². The Hall–Kier alpha value is -3.57. The molecule has 0 radical (unpaired) electrons. The van der Waals surface area contributed by atoms with Gasteiger partial charge in [-0.2, -0.15) is 13.2 Å². The van der Waals surface area contributed by atoms with Crippen LogP contribution in [0.1, 0.15) is 12.5 Å². The largest absolute Gasteiger partial charge is 0.573 e. The van der Waals surface area contributed by atoms with E-state index >= 15 is 0 Å². The summed E-state index contributed by atoms with van der Waals surface area (Å²) < 4.78 is 82.6. The Morgan fingerprint density at radius 2 is 1.77 bits per heavy atom. The molecule has 188 valence electrons. The van der Waals surface area contributed by atoms with E-state index in [0.29, 0.717) is 17.7 Å². The number of para-hydroxylation sites is 2. The number of anilines is 2. The number of alkyl halides is 6. The normalized spacial score (nSPS) is 21.0. The highest BCUT2D eigenvalue weighted by Crippen LogP contribution is 2.38. The van der Waals surface area contributed by atoms with Crippen LogP contribution in [0.2, 0.25) is 0 Å². The van der Waals surface area contributed by atoms with E-state index in [4.69, 9.17) is 4.84 Å². The topological polar surface area (TPSA) is 45.3 Å². The van der Waals surface area contributed by atoms with Gasteiger partial charge in [-0.1, -0.05) is 18.2 Å². The molecule has 35 heavy (non-hydrogen) atoms. The molecule has 0 aliphatic carbocycles. The predicted octanol–water partition coefficient (Wildman–Crippen LogP) is 4.98. The first-order chi connectivity index (χ1) is 16.5. The molecule has 1 amide bonds. The quantitative estimate of drug-likeness (QED) is 0.428. The SMILES string of the molecule is CC1CN(C=O)CC(C2=CON(c3ccccc3OC(F)(F)F)C2)N1c1cccc(C(F)(F)F)c1. The number of hydrogen-bond donors (Lipinski definition) is 0. The van der Waals surface area contributed by atoms with Crippen molar-refractivity contribution in [3.8, 4) is 5.75 Å². The fraction of sp³-hybridized carbons (Fsp3) is 0.348. The van der Waals surface area contributed by atoms with Gasteiger partial charge in [-0.25, -0.2) is 5.06 Å². The predicted molar refractivity (Wildman–Crippen MR) is 114 cm³/mol. The second kappa shape index (κ2) is 9.23. The number of hydrogen-bond acceptors (Lipinski definition) is 5. The molecular weight excluding hydrogens is 480 g/mol. The molecule has 2 unspecified atom stereocenters.